The Balaban J connectivity index is 1.79. The van der Waals surface area contributed by atoms with Gasteiger partial charge in [0, 0.05) is 25.3 Å². The molecule has 8 nitrogen and oxygen atoms in total. The first kappa shape index (κ1) is 24.3. The first-order valence-corrected chi connectivity index (χ1v) is 12.5. The van der Waals surface area contributed by atoms with Crippen LogP contribution < -0.4 is 10.9 Å². The Morgan fingerprint density at radius 1 is 1.00 bits per heavy atom. The lowest BCUT2D eigenvalue weighted by Gasteiger charge is -2.21. The summed E-state index contributed by atoms with van der Waals surface area (Å²) in [5.74, 6) is -0.0959. The smallest absolute Gasteiger partial charge is 0.262 e. The summed E-state index contributed by atoms with van der Waals surface area (Å²) >= 11 is 0. The number of hydrogen-bond acceptors (Lipinski definition) is 5. The molecule has 0 aliphatic carbocycles. The molecule has 9 heteroatoms. The van der Waals surface area contributed by atoms with E-state index in [1.165, 1.54) is 30.8 Å². The van der Waals surface area contributed by atoms with E-state index in [-0.39, 0.29) is 10.5 Å². The molecule has 1 atom stereocenters. The summed E-state index contributed by atoms with van der Waals surface area (Å²) in [5, 5.41) is 3.21. The third kappa shape index (κ3) is 4.60. The summed E-state index contributed by atoms with van der Waals surface area (Å²) in [4.78, 5) is 31.6. The maximum absolute atomic E-state index is 13.5. The molecular formula is C26H26N4O4S. The van der Waals surface area contributed by atoms with Gasteiger partial charge < -0.3 is 5.32 Å². The van der Waals surface area contributed by atoms with Crippen LogP contribution in [0.5, 0.6) is 0 Å². The molecule has 0 saturated carbocycles. The molecule has 1 aromatic heterocycles. The molecule has 1 amide bonds. The molecule has 0 bridgehead atoms. The highest BCUT2D eigenvalue weighted by Gasteiger charge is 2.24. The van der Waals surface area contributed by atoms with E-state index in [0.29, 0.717) is 33.5 Å². The second kappa shape index (κ2) is 9.44. The minimum absolute atomic E-state index is 0.0607. The Morgan fingerprint density at radius 3 is 2.34 bits per heavy atom. The van der Waals surface area contributed by atoms with Crippen molar-refractivity contribution >= 4 is 32.5 Å². The average Bonchev–Trinajstić information content (AvgIpc) is 2.85. The van der Waals surface area contributed by atoms with Gasteiger partial charge in [-0.3, -0.25) is 14.2 Å². The first-order valence-electron chi connectivity index (χ1n) is 11.0. The normalized spacial score (nSPS) is 12.6. The van der Waals surface area contributed by atoms with E-state index in [9.17, 15) is 18.0 Å². The van der Waals surface area contributed by atoms with Crippen LogP contribution in [0.1, 0.15) is 18.5 Å². The van der Waals surface area contributed by atoms with Crippen LogP contribution in [0.3, 0.4) is 0 Å². The van der Waals surface area contributed by atoms with Crippen molar-refractivity contribution in [3.63, 3.8) is 0 Å². The molecule has 0 saturated heterocycles. The number of sulfonamides is 1. The maximum Gasteiger partial charge on any atom is 0.262 e. The Hall–Kier alpha value is -3.82. The molecule has 180 valence electrons. The lowest BCUT2D eigenvalue weighted by Crippen LogP contribution is -2.33. The molecular weight excluding hydrogens is 464 g/mol. The van der Waals surface area contributed by atoms with E-state index in [4.69, 9.17) is 4.98 Å². The zero-order valence-corrected chi connectivity index (χ0v) is 20.7. The molecule has 0 aliphatic heterocycles. The number of rotatable bonds is 6. The molecule has 35 heavy (non-hydrogen) atoms. The van der Waals surface area contributed by atoms with Crippen LogP contribution in [0.2, 0.25) is 0 Å². The van der Waals surface area contributed by atoms with E-state index in [0.717, 1.165) is 4.31 Å². The fourth-order valence-corrected chi connectivity index (χ4v) is 4.69. The van der Waals surface area contributed by atoms with Crippen molar-refractivity contribution in [3.8, 4) is 11.4 Å². The van der Waals surface area contributed by atoms with Gasteiger partial charge in [0.25, 0.3) is 5.56 Å². The molecule has 4 aromatic rings. The van der Waals surface area contributed by atoms with Crippen LogP contribution in [0, 0.1) is 6.92 Å². The van der Waals surface area contributed by atoms with Gasteiger partial charge in [-0.1, -0.05) is 48.5 Å². The number of amides is 1. The zero-order chi connectivity index (χ0) is 25.3. The van der Waals surface area contributed by atoms with Crippen LogP contribution in [0.4, 0.5) is 5.69 Å². The fraction of sp³-hybridized carbons (Fsp3) is 0.192. The lowest BCUT2D eigenvalue weighted by atomic mass is 10.1. The number of nitrogens with zero attached hydrogens (tertiary/aromatic N) is 3. The summed E-state index contributed by atoms with van der Waals surface area (Å²) in [5.41, 5.74) is 1.95. The topological polar surface area (TPSA) is 101 Å². The van der Waals surface area contributed by atoms with Crippen molar-refractivity contribution in [2.24, 2.45) is 0 Å². The largest absolute Gasteiger partial charge is 0.324 e. The predicted octanol–water partition coefficient (Wildman–Crippen LogP) is 3.82. The van der Waals surface area contributed by atoms with Crippen molar-refractivity contribution in [2.75, 3.05) is 19.4 Å². The van der Waals surface area contributed by atoms with Crippen LogP contribution in [0.25, 0.3) is 22.3 Å². The fourth-order valence-electron chi connectivity index (χ4n) is 3.76. The molecule has 4 rings (SSSR count). The van der Waals surface area contributed by atoms with E-state index >= 15 is 0 Å². The van der Waals surface area contributed by atoms with Crippen molar-refractivity contribution in [3.05, 3.63) is 88.7 Å². The minimum atomic E-state index is -3.68. The van der Waals surface area contributed by atoms with E-state index < -0.39 is 22.0 Å². The summed E-state index contributed by atoms with van der Waals surface area (Å²) in [6.07, 6.45) is 0. The van der Waals surface area contributed by atoms with E-state index in [1.807, 2.05) is 36.4 Å². The highest BCUT2D eigenvalue weighted by molar-refractivity contribution is 7.89. The first-order chi connectivity index (χ1) is 16.6. The number of aromatic nitrogens is 2. The van der Waals surface area contributed by atoms with Crippen molar-refractivity contribution in [2.45, 2.75) is 24.8 Å². The number of carbonyl (C=O) groups is 1. The zero-order valence-electron chi connectivity index (χ0n) is 19.9. The Morgan fingerprint density at radius 2 is 1.66 bits per heavy atom. The number of nitrogens with one attached hydrogen (secondary N) is 1. The number of aryl methyl sites for hydroxylation is 1. The Bertz CT molecular complexity index is 1580. The summed E-state index contributed by atoms with van der Waals surface area (Å²) in [7, 11) is -0.793. The SMILES string of the molecule is Cc1ccc(S(=O)(=O)N(C)C)cc1NC(=O)[C@H](C)n1c(-c2ccccc2)nc2ccccc2c1=O. The van der Waals surface area contributed by atoms with Gasteiger partial charge in [-0.15, -0.1) is 0 Å². The third-order valence-corrected chi connectivity index (χ3v) is 7.66. The molecule has 3 aromatic carbocycles. The highest BCUT2D eigenvalue weighted by atomic mass is 32.2. The van der Waals surface area contributed by atoms with Gasteiger partial charge in [0.2, 0.25) is 15.9 Å². The lowest BCUT2D eigenvalue weighted by molar-refractivity contribution is -0.118. The van der Waals surface area contributed by atoms with Crippen LogP contribution >= 0.6 is 0 Å². The molecule has 1 heterocycles. The van der Waals surface area contributed by atoms with Gasteiger partial charge in [0.15, 0.2) is 0 Å². The van der Waals surface area contributed by atoms with Crippen LogP contribution in [-0.2, 0) is 14.8 Å². The number of carbonyl (C=O) groups excluding carboxylic acids is 1. The number of hydrogen-bond donors (Lipinski definition) is 1. The van der Waals surface area contributed by atoms with Gasteiger partial charge in [0.1, 0.15) is 11.9 Å². The van der Waals surface area contributed by atoms with Gasteiger partial charge in [0.05, 0.1) is 15.8 Å². The summed E-state index contributed by atoms with van der Waals surface area (Å²) in [6.45, 7) is 3.39. The minimum Gasteiger partial charge on any atom is -0.324 e. The molecule has 0 fully saturated rings. The van der Waals surface area contributed by atoms with Gasteiger partial charge >= 0.3 is 0 Å². The molecule has 0 unspecified atom stereocenters. The number of para-hydroxylation sites is 1. The van der Waals surface area contributed by atoms with Gasteiger partial charge in [-0.25, -0.2) is 17.7 Å². The molecule has 0 spiro atoms. The van der Waals surface area contributed by atoms with E-state index in [2.05, 4.69) is 5.32 Å². The van der Waals surface area contributed by atoms with Crippen molar-refractivity contribution in [1.29, 1.82) is 0 Å². The van der Waals surface area contributed by atoms with E-state index in [1.54, 1.807) is 38.1 Å². The standard InChI is InChI=1S/C26H26N4O4S/c1-17-14-15-20(35(33,34)29(3)4)16-23(17)28-25(31)18(2)30-24(19-10-6-5-7-11-19)27-22-13-9-8-12-21(22)26(30)32/h5-16,18H,1-4H3,(H,28,31)/t18-/m0/s1. The third-order valence-electron chi connectivity index (χ3n) is 5.85. The predicted molar refractivity (Wildman–Crippen MR) is 137 cm³/mol. The van der Waals surface area contributed by atoms with Crippen molar-refractivity contribution in [1.82, 2.24) is 13.9 Å². The Labute approximate surface area is 203 Å². The summed E-state index contributed by atoms with van der Waals surface area (Å²) in [6, 6.07) is 19.8. The quantitative estimate of drug-likeness (QED) is 0.443. The average molecular weight is 491 g/mol. The number of anilines is 1. The monoisotopic (exact) mass is 490 g/mol. The number of benzene rings is 3. The van der Waals surface area contributed by atoms with Crippen LogP contribution in [0.15, 0.2) is 82.5 Å². The molecule has 0 radical (unpaired) electrons. The highest BCUT2D eigenvalue weighted by Crippen LogP contribution is 2.25. The van der Waals surface area contributed by atoms with Crippen molar-refractivity contribution < 1.29 is 13.2 Å². The molecule has 1 N–H and O–H groups in total. The van der Waals surface area contributed by atoms with Gasteiger partial charge in [-0.2, -0.15) is 0 Å². The van der Waals surface area contributed by atoms with Crippen LogP contribution in [-0.4, -0.2) is 42.3 Å². The second-order valence-corrected chi connectivity index (χ2v) is 10.6. The molecule has 0 aliphatic rings. The second-order valence-electron chi connectivity index (χ2n) is 8.42. The Kier molecular flexibility index (Phi) is 6.56. The summed E-state index contributed by atoms with van der Waals surface area (Å²) < 4.78 is 27.6. The van der Waals surface area contributed by atoms with Gasteiger partial charge in [-0.05, 0) is 43.7 Å². The number of fused-ring (bicyclic) bond motifs is 1. The maximum atomic E-state index is 13.5.